The normalized spacial score (nSPS) is 11.1. The van der Waals surface area contributed by atoms with E-state index in [1.807, 2.05) is 60.7 Å². The summed E-state index contributed by atoms with van der Waals surface area (Å²) in [6, 6.07) is 23.2. The molecular formula is C28H24FN5O3. The molecule has 0 atom stereocenters. The fourth-order valence-electron chi connectivity index (χ4n) is 4.24. The Balaban J connectivity index is 1.59. The predicted octanol–water partition coefficient (Wildman–Crippen LogP) is 3.54. The lowest BCUT2D eigenvalue weighted by molar-refractivity contribution is -0.116. The van der Waals surface area contributed by atoms with E-state index < -0.39 is 29.5 Å². The molecule has 2 aromatic heterocycles. The first-order chi connectivity index (χ1) is 17.9. The zero-order valence-corrected chi connectivity index (χ0v) is 20.1. The smallest absolute Gasteiger partial charge is 0.322 e. The summed E-state index contributed by atoms with van der Waals surface area (Å²) < 4.78 is 18.2. The highest BCUT2D eigenvalue weighted by molar-refractivity contribution is 5.90. The number of aromatic nitrogens is 4. The summed E-state index contributed by atoms with van der Waals surface area (Å²) in [5.41, 5.74) is 1.57. The molecule has 0 bridgehead atoms. The Hall–Kier alpha value is -4.79. The summed E-state index contributed by atoms with van der Waals surface area (Å²) in [5, 5.41) is 2.46. The second-order valence-electron chi connectivity index (χ2n) is 8.81. The Morgan fingerprint density at radius 2 is 1.54 bits per heavy atom. The van der Waals surface area contributed by atoms with Gasteiger partial charge in [-0.2, -0.15) is 0 Å². The highest BCUT2D eigenvalue weighted by Gasteiger charge is 2.20. The van der Waals surface area contributed by atoms with Gasteiger partial charge in [0, 0.05) is 6.54 Å². The van der Waals surface area contributed by atoms with Crippen molar-refractivity contribution in [3.63, 3.8) is 0 Å². The molecule has 0 unspecified atom stereocenters. The zero-order chi connectivity index (χ0) is 25.9. The van der Waals surface area contributed by atoms with E-state index in [1.54, 1.807) is 17.6 Å². The van der Waals surface area contributed by atoms with Gasteiger partial charge in [0.25, 0.3) is 5.56 Å². The third-order valence-corrected chi connectivity index (χ3v) is 6.06. The minimum absolute atomic E-state index is 0.0246. The molecule has 0 radical (unpaired) electrons. The van der Waals surface area contributed by atoms with Gasteiger partial charge in [0.05, 0.1) is 18.6 Å². The zero-order valence-electron chi connectivity index (χ0n) is 20.1. The first-order valence-electron chi connectivity index (χ1n) is 11.7. The van der Waals surface area contributed by atoms with Crippen LogP contribution in [0.5, 0.6) is 0 Å². The number of nitrogens with one attached hydrogen (secondary N) is 1. The fourth-order valence-corrected chi connectivity index (χ4v) is 4.24. The molecule has 8 nitrogen and oxygen atoms in total. The van der Waals surface area contributed by atoms with Gasteiger partial charge in [-0.25, -0.2) is 18.7 Å². The first-order valence-corrected chi connectivity index (χ1v) is 11.7. The number of rotatable bonds is 7. The van der Waals surface area contributed by atoms with Crippen molar-refractivity contribution >= 4 is 22.8 Å². The van der Waals surface area contributed by atoms with Crippen LogP contribution in [-0.2, 0) is 24.4 Å². The molecule has 0 saturated carbocycles. The van der Waals surface area contributed by atoms with Crippen LogP contribution in [0.15, 0.2) is 94.8 Å². The molecule has 5 aromatic rings. The van der Waals surface area contributed by atoms with Crippen LogP contribution < -0.4 is 16.6 Å². The van der Waals surface area contributed by atoms with E-state index in [9.17, 15) is 18.8 Å². The molecule has 0 aliphatic carbocycles. The molecule has 0 saturated heterocycles. The summed E-state index contributed by atoms with van der Waals surface area (Å²) >= 11 is 0. The van der Waals surface area contributed by atoms with Gasteiger partial charge in [0.1, 0.15) is 12.4 Å². The van der Waals surface area contributed by atoms with Crippen molar-refractivity contribution in [3.8, 4) is 0 Å². The van der Waals surface area contributed by atoms with Gasteiger partial charge >= 0.3 is 5.69 Å². The number of carbonyl (C=O) groups excluding carboxylic acids is 1. The van der Waals surface area contributed by atoms with E-state index >= 15 is 0 Å². The summed E-state index contributed by atoms with van der Waals surface area (Å²) in [5.74, 6) is -1.29. The number of amides is 1. The molecule has 1 N–H and O–H groups in total. The van der Waals surface area contributed by atoms with E-state index in [0.29, 0.717) is 12.1 Å². The van der Waals surface area contributed by atoms with Gasteiger partial charge in [-0.05, 0) is 35.7 Å². The molecule has 3 aromatic carbocycles. The summed E-state index contributed by atoms with van der Waals surface area (Å²) in [4.78, 5) is 44.3. The van der Waals surface area contributed by atoms with Crippen LogP contribution in [0.1, 0.15) is 16.7 Å². The van der Waals surface area contributed by atoms with E-state index in [1.165, 1.54) is 23.0 Å². The fraction of sp³-hybridized carbons (Fsp3) is 0.143. The number of fused-ring (bicyclic) bond motifs is 1. The van der Waals surface area contributed by atoms with Gasteiger partial charge in [-0.1, -0.05) is 66.7 Å². The van der Waals surface area contributed by atoms with Crippen LogP contribution in [0.2, 0.25) is 0 Å². The standard InChI is InChI=1S/C28H24FN5O3/c1-19-12-13-23(22(29)14-19)31-24(35)17-34-27(36)25-26(30-18-32(25)15-20-8-4-2-5-9-20)33(28(34)37)16-21-10-6-3-7-11-21/h2-14,18H,15-17H2,1H3,(H,31,35). The quantitative estimate of drug-likeness (QED) is 0.372. The maximum Gasteiger partial charge on any atom is 0.333 e. The molecule has 5 rings (SSSR count). The van der Waals surface area contributed by atoms with E-state index in [0.717, 1.165) is 15.7 Å². The van der Waals surface area contributed by atoms with Gasteiger partial charge in [0.15, 0.2) is 11.2 Å². The minimum atomic E-state index is -0.693. The van der Waals surface area contributed by atoms with Crippen LogP contribution in [-0.4, -0.2) is 24.6 Å². The predicted molar refractivity (Wildman–Crippen MR) is 139 cm³/mol. The molecule has 1 amide bonds. The number of anilines is 1. The lowest BCUT2D eigenvalue weighted by Gasteiger charge is -2.13. The maximum atomic E-state index is 14.3. The topological polar surface area (TPSA) is 90.9 Å². The van der Waals surface area contributed by atoms with Crippen molar-refractivity contribution in [2.24, 2.45) is 0 Å². The monoisotopic (exact) mass is 497 g/mol. The van der Waals surface area contributed by atoms with Gasteiger partial charge < -0.3 is 9.88 Å². The third-order valence-electron chi connectivity index (χ3n) is 6.06. The molecule has 0 fully saturated rings. The molecule has 37 heavy (non-hydrogen) atoms. The second-order valence-corrected chi connectivity index (χ2v) is 8.81. The Bertz CT molecular complexity index is 1710. The largest absolute Gasteiger partial charge is 0.333 e. The van der Waals surface area contributed by atoms with Crippen LogP contribution in [0, 0.1) is 12.7 Å². The van der Waals surface area contributed by atoms with Gasteiger partial charge in [-0.15, -0.1) is 0 Å². The summed E-state index contributed by atoms with van der Waals surface area (Å²) in [7, 11) is 0. The number of benzene rings is 3. The number of halogens is 1. The highest BCUT2D eigenvalue weighted by atomic mass is 19.1. The van der Waals surface area contributed by atoms with Crippen molar-refractivity contribution in [2.45, 2.75) is 26.6 Å². The second kappa shape index (κ2) is 10.1. The molecule has 9 heteroatoms. The molecule has 0 aliphatic heterocycles. The van der Waals surface area contributed by atoms with Crippen molar-refractivity contribution in [1.29, 1.82) is 0 Å². The number of carbonyl (C=O) groups is 1. The van der Waals surface area contributed by atoms with E-state index in [-0.39, 0.29) is 23.4 Å². The number of nitrogens with zero attached hydrogens (tertiary/aromatic N) is 4. The van der Waals surface area contributed by atoms with Crippen molar-refractivity contribution in [2.75, 3.05) is 5.32 Å². The Morgan fingerprint density at radius 1 is 0.892 bits per heavy atom. The summed E-state index contributed by atoms with van der Waals surface area (Å²) in [6.45, 7) is 1.67. The lowest BCUT2D eigenvalue weighted by atomic mass is 10.2. The van der Waals surface area contributed by atoms with Crippen molar-refractivity contribution in [3.05, 3.63) is 129 Å². The third kappa shape index (κ3) is 4.97. The molecule has 0 spiro atoms. The lowest BCUT2D eigenvalue weighted by Crippen LogP contribution is -2.43. The number of hydrogen-bond acceptors (Lipinski definition) is 4. The SMILES string of the molecule is Cc1ccc(NC(=O)Cn2c(=O)c3c(ncn3Cc3ccccc3)n(Cc3ccccc3)c2=O)c(F)c1. The molecule has 186 valence electrons. The van der Waals surface area contributed by atoms with Crippen LogP contribution in [0.3, 0.4) is 0 Å². The molecular weight excluding hydrogens is 473 g/mol. The van der Waals surface area contributed by atoms with Crippen molar-refractivity contribution < 1.29 is 9.18 Å². The summed E-state index contributed by atoms with van der Waals surface area (Å²) in [6.07, 6.45) is 1.52. The van der Waals surface area contributed by atoms with Crippen LogP contribution in [0.4, 0.5) is 10.1 Å². The first kappa shape index (κ1) is 23.9. The molecule has 2 heterocycles. The highest BCUT2D eigenvalue weighted by Crippen LogP contribution is 2.16. The maximum absolute atomic E-state index is 14.3. The Labute approximate surface area is 211 Å². The van der Waals surface area contributed by atoms with E-state index in [2.05, 4.69) is 10.3 Å². The van der Waals surface area contributed by atoms with Gasteiger partial charge in [-0.3, -0.25) is 14.2 Å². The average molecular weight is 498 g/mol. The van der Waals surface area contributed by atoms with Crippen LogP contribution >= 0.6 is 0 Å². The number of aryl methyl sites for hydroxylation is 1. The van der Waals surface area contributed by atoms with Crippen LogP contribution in [0.25, 0.3) is 11.2 Å². The molecule has 0 aliphatic rings. The van der Waals surface area contributed by atoms with E-state index in [4.69, 9.17) is 0 Å². The van der Waals surface area contributed by atoms with Crippen molar-refractivity contribution in [1.82, 2.24) is 18.7 Å². The van der Waals surface area contributed by atoms with Gasteiger partial charge in [0.2, 0.25) is 5.91 Å². The Morgan fingerprint density at radius 3 is 2.19 bits per heavy atom. The minimum Gasteiger partial charge on any atom is -0.322 e. The number of hydrogen-bond donors (Lipinski definition) is 1. The Kier molecular flexibility index (Phi) is 6.51. The average Bonchev–Trinajstić information content (AvgIpc) is 3.31. The number of imidazole rings is 1.